The molecule has 0 aromatic heterocycles. The van der Waals surface area contributed by atoms with E-state index in [9.17, 15) is 9.59 Å². The molecule has 5 nitrogen and oxygen atoms in total. The zero-order valence-corrected chi connectivity index (χ0v) is 12.6. The molecule has 0 radical (unpaired) electrons. The summed E-state index contributed by atoms with van der Waals surface area (Å²) in [5, 5.41) is 4.31. The number of carbonyl (C=O) groups excluding carboxylic acids is 2. The summed E-state index contributed by atoms with van der Waals surface area (Å²) in [7, 11) is 0. The lowest BCUT2D eigenvalue weighted by Crippen LogP contribution is -2.56. The molecule has 118 valence electrons. The second kappa shape index (κ2) is 7.07. The topological polar surface area (TPSA) is 58.6 Å². The van der Waals surface area contributed by atoms with Crippen molar-refractivity contribution in [2.24, 2.45) is 0 Å². The van der Waals surface area contributed by atoms with Gasteiger partial charge in [-0.3, -0.25) is 4.79 Å². The number of amides is 1. The first kappa shape index (κ1) is 15.2. The molecule has 1 aliphatic rings. The molecule has 0 aliphatic carbocycles. The lowest BCUT2D eigenvalue weighted by molar-refractivity contribution is -0.166. The summed E-state index contributed by atoms with van der Waals surface area (Å²) in [4.78, 5) is 29.9. The van der Waals surface area contributed by atoms with Gasteiger partial charge in [-0.15, -0.1) is 5.06 Å². The molecule has 1 atom stereocenters. The Balaban J connectivity index is 1.73. The van der Waals surface area contributed by atoms with Gasteiger partial charge >= 0.3 is 5.97 Å². The van der Waals surface area contributed by atoms with Gasteiger partial charge in [0.2, 0.25) is 5.91 Å². The summed E-state index contributed by atoms with van der Waals surface area (Å²) >= 11 is 0. The fourth-order valence-electron chi connectivity index (χ4n) is 2.57. The Bertz CT molecular complexity index is 673. The van der Waals surface area contributed by atoms with Crippen LogP contribution in [0, 0.1) is 0 Å². The van der Waals surface area contributed by atoms with Crippen molar-refractivity contribution in [1.29, 1.82) is 0 Å². The molecule has 0 saturated carbocycles. The van der Waals surface area contributed by atoms with Crippen LogP contribution in [0.15, 0.2) is 60.7 Å². The van der Waals surface area contributed by atoms with Crippen LogP contribution in [0.4, 0.5) is 0 Å². The smallest absolute Gasteiger partial charge is 0.357 e. The second-order valence-electron chi connectivity index (χ2n) is 5.38. The third-order valence-electron chi connectivity index (χ3n) is 3.76. The van der Waals surface area contributed by atoms with E-state index in [1.54, 1.807) is 24.3 Å². The van der Waals surface area contributed by atoms with Gasteiger partial charge in [0.25, 0.3) is 0 Å². The molecule has 23 heavy (non-hydrogen) atoms. The minimum Gasteiger partial charge on any atom is -0.363 e. The van der Waals surface area contributed by atoms with Gasteiger partial charge in [0.05, 0.1) is 12.1 Å². The molecule has 1 N–H and O–H groups in total. The number of rotatable bonds is 4. The molecule has 0 spiro atoms. The summed E-state index contributed by atoms with van der Waals surface area (Å²) in [5.41, 5.74) is 1.49. The highest BCUT2D eigenvalue weighted by Crippen LogP contribution is 2.14. The molecule has 1 heterocycles. The lowest BCUT2D eigenvalue weighted by atomic mass is 10.0. The van der Waals surface area contributed by atoms with Gasteiger partial charge in [-0.25, -0.2) is 4.79 Å². The van der Waals surface area contributed by atoms with Crippen molar-refractivity contribution in [2.75, 3.05) is 13.1 Å². The van der Waals surface area contributed by atoms with Gasteiger partial charge in [-0.2, -0.15) is 0 Å². The van der Waals surface area contributed by atoms with E-state index in [-0.39, 0.29) is 5.91 Å². The number of nitrogens with one attached hydrogen (secondary N) is 1. The van der Waals surface area contributed by atoms with Crippen molar-refractivity contribution in [3.8, 4) is 0 Å². The summed E-state index contributed by atoms with van der Waals surface area (Å²) in [6.07, 6.45) is 0.495. The van der Waals surface area contributed by atoms with E-state index < -0.39 is 12.0 Å². The maximum absolute atomic E-state index is 12.2. The van der Waals surface area contributed by atoms with E-state index in [4.69, 9.17) is 4.84 Å². The van der Waals surface area contributed by atoms with Gasteiger partial charge in [0.15, 0.2) is 0 Å². The van der Waals surface area contributed by atoms with Gasteiger partial charge in [0, 0.05) is 13.0 Å². The predicted molar refractivity (Wildman–Crippen MR) is 85.5 cm³/mol. The zero-order valence-electron chi connectivity index (χ0n) is 12.6. The molecule has 1 unspecified atom stereocenters. The maximum atomic E-state index is 12.2. The summed E-state index contributed by atoms with van der Waals surface area (Å²) in [6, 6.07) is 18.0. The minimum absolute atomic E-state index is 0.124. The average molecular weight is 310 g/mol. The number of nitrogens with zero attached hydrogens (tertiary/aromatic N) is 1. The number of hydroxylamine groups is 2. The summed E-state index contributed by atoms with van der Waals surface area (Å²) in [5.74, 6) is -0.570. The van der Waals surface area contributed by atoms with Gasteiger partial charge in [-0.1, -0.05) is 48.5 Å². The summed E-state index contributed by atoms with van der Waals surface area (Å²) in [6.45, 7) is 0.938. The van der Waals surface area contributed by atoms with Gasteiger partial charge in [-0.05, 0) is 17.7 Å². The molecule has 1 amide bonds. The molecule has 5 heteroatoms. The van der Waals surface area contributed by atoms with Crippen LogP contribution in [-0.4, -0.2) is 36.1 Å². The lowest BCUT2D eigenvalue weighted by Gasteiger charge is -2.33. The van der Waals surface area contributed by atoms with E-state index in [1.165, 1.54) is 5.06 Å². The molecule has 3 rings (SSSR count). The minimum atomic E-state index is -0.515. The highest BCUT2D eigenvalue weighted by atomic mass is 16.7. The van der Waals surface area contributed by atoms with Crippen LogP contribution in [0.5, 0.6) is 0 Å². The Morgan fingerprint density at radius 2 is 1.74 bits per heavy atom. The molecule has 1 aliphatic heterocycles. The van der Waals surface area contributed by atoms with Crippen molar-refractivity contribution >= 4 is 11.9 Å². The average Bonchev–Trinajstić information content (AvgIpc) is 2.59. The van der Waals surface area contributed by atoms with E-state index in [2.05, 4.69) is 5.32 Å². The zero-order chi connectivity index (χ0) is 16.1. The number of piperazine rings is 1. The van der Waals surface area contributed by atoms with E-state index >= 15 is 0 Å². The van der Waals surface area contributed by atoms with Crippen molar-refractivity contribution in [3.05, 3.63) is 71.8 Å². The van der Waals surface area contributed by atoms with Crippen molar-refractivity contribution in [3.63, 3.8) is 0 Å². The predicted octanol–water partition coefficient (Wildman–Crippen LogP) is 1.80. The molecule has 2 aromatic carbocycles. The number of carbonyl (C=O) groups is 2. The van der Waals surface area contributed by atoms with Crippen molar-refractivity contribution in [1.82, 2.24) is 10.4 Å². The van der Waals surface area contributed by atoms with Crippen LogP contribution < -0.4 is 5.32 Å². The molecule has 1 saturated heterocycles. The molecule has 1 fully saturated rings. The van der Waals surface area contributed by atoms with E-state index in [0.717, 1.165) is 5.56 Å². The fourth-order valence-corrected chi connectivity index (χ4v) is 2.57. The maximum Gasteiger partial charge on any atom is 0.357 e. The van der Waals surface area contributed by atoms with Gasteiger partial charge in [0.1, 0.15) is 6.04 Å². The quantitative estimate of drug-likeness (QED) is 0.935. The Morgan fingerprint density at radius 1 is 1.09 bits per heavy atom. The van der Waals surface area contributed by atoms with Crippen LogP contribution in [0.3, 0.4) is 0 Å². The third kappa shape index (κ3) is 3.76. The van der Waals surface area contributed by atoms with E-state index in [1.807, 2.05) is 36.4 Å². The highest BCUT2D eigenvalue weighted by Gasteiger charge is 2.32. The molecule has 0 bridgehead atoms. The first-order valence-electron chi connectivity index (χ1n) is 7.59. The van der Waals surface area contributed by atoms with Crippen LogP contribution in [0.25, 0.3) is 0 Å². The Hall–Kier alpha value is -2.66. The highest BCUT2D eigenvalue weighted by molar-refractivity contribution is 5.89. The Kier molecular flexibility index (Phi) is 4.68. The number of benzene rings is 2. The fraction of sp³-hybridized carbons (Fsp3) is 0.222. The normalized spacial score (nSPS) is 18.3. The SMILES string of the molecule is O=C(ON1CCNC(=O)C1Cc1ccccc1)c1ccccc1. The van der Waals surface area contributed by atoms with Crippen molar-refractivity contribution in [2.45, 2.75) is 12.5 Å². The Morgan fingerprint density at radius 3 is 2.43 bits per heavy atom. The van der Waals surface area contributed by atoms with Crippen LogP contribution >= 0.6 is 0 Å². The van der Waals surface area contributed by atoms with Crippen molar-refractivity contribution < 1.29 is 14.4 Å². The molecular weight excluding hydrogens is 292 g/mol. The number of hydrogen-bond donors (Lipinski definition) is 1. The largest absolute Gasteiger partial charge is 0.363 e. The van der Waals surface area contributed by atoms with E-state index in [0.29, 0.717) is 25.1 Å². The number of hydrogen-bond acceptors (Lipinski definition) is 4. The molecular formula is C18H18N2O3. The first-order valence-corrected chi connectivity index (χ1v) is 7.59. The Labute approximate surface area is 134 Å². The standard InChI is InChI=1S/C18H18N2O3/c21-17-16(13-14-7-3-1-4-8-14)20(12-11-19-17)23-18(22)15-9-5-2-6-10-15/h1-10,16H,11-13H2,(H,19,21). The second-order valence-corrected chi connectivity index (χ2v) is 5.38. The van der Waals surface area contributed by atoms with Crippen LogP contribution in [-0.2, 0) is 16.1 Å². The monoisotopic (exact) mass is 310 g/mol. The van der Waals surface area contributed by atoms with Gasteiger partial charge < -0.3 is 10.2 Å². The third-order valence-corrected chi connectivity index (χ3v) is 3.76. The molecule has 2 aromatic rings. The first-order chi connectivity index (χ1) is 11.2. The van der Waals surface area contributed by atoms with Crippen LogP contribution in [0.1, 0.15) is 15.9 Å². The van der Waals surface area contributed by atoms with Crippen LogP contribution in [0.2, 0.25) is 0 Å². The summed E-state index contributed by atoms with van der Waals surface area (Å²) < 4.78 is 0.